The zero-order chi connectivity index (χ0) is 16.1. The molecule has 8 heteroatoms. The molecule has 1 aliphatic rings. The largest absolute Gasteiger partial charge is 0.265 e. The Morgan fingerprint density at radius 3 is 2.45 bits per heavy atom. The van der Waals surface area contributed by atoms with Gasteiger partial charge < -0.3 is 0 Å². The van der Waals surface area contributed by atoms with Crippen LogP contribution in [0.15, 0.2) is 35.2 Å². The van der Waals surface area contributed by atoms with Gasteiger partial charge in [-0.1, -0.05) is 11.6 Å². The standard InChI is InChI=1S/C14H9ClF3NO2S/c15-11-5-8(16)1-2-14(11)22(20,21)19-4-3-10-12(18)6-9(17)7-13(10)19/h1-2,5-7H,3-4H2. The summed E-state index contributed by atoms with van der Waals surface area (Å²) in [5.41, 5.74) is 0.0705. The molecule has 0 N–H and O–H groups in total. The Hall–Kier alpha value is -1.73. The van der Waals surface area contributed by atoms with Gasteiger partial charge in [-0.25, -0.2) is 21.6 Å². The minimum atomic E-state index is -4.13. The molecule has 0 amide bonds. The van der Waals surface area contributed by atoms with Crippen LogP contribution in [-0.2, 0) is 16.4 Å². The molecule has 0 saturated carbocycles. The van der Waals surface area contributed by atoms with Crippen LogP contribution < -0.4 is 4.31 Å². The molecule has 1 aliphatic heterocycles. The maximum atomic E-state index is 13.7. The van der Waals surface area contributed by atoms with E-state index in [9.17, 15) is 21.6 Å². The second kappa shape index (κ2) is 5.17. The maximum Gasteiger partial charge on any atom is 0.265 e. The van der Waals surface area contributed by atoms with Gasteiger partial charge in [0.15, 0.2) is 0 Å². The third kappa shape index (κ3) is 2.34. The molecule has 0 bridgehead atoms. The van der Waals surface area contributed by atoms with Gasteiger partial charge in [0.25, 0.3) is 10.0 Å². The van der Waals surface area contributed by atoms with Crippen molar-refractivity contribution in [1.29, 1.82) is 0 Å². The second-order valence-corrected chi connectivity index (χ2v) is 7.03. The number of benzene rings is 2. The molecule has 0 aliphatic carbocycles. The van der Waals surface area contributed by atoms with Crippen LogP contribution in [0.2, 0.25) is 5.02 Å². The molecule has 0 saturated heterocycles. The van der Waals surface area contributed by atoms with Crippen LogP contribution >= 0.6 is 11.6 Å². The van der Waals surface area contributed by atoms with Gasteiger partial charge in [0, 0.05) is 18.2 Å². The normalized spacial score (nSPS) is 14.3. The highest BCUT2D eigenvalue weighted by atomic mass is 35.5. The molecule has 22 heavy (non-hydrogen) atoms. The molecule has 0 fully saturated rings. The van der Waals surface area contributed by atoms with Crippen molar-refractivity contribution in [3.63, 3.8) is 0 Å². The van der Waals surface area contributed by atoms with E-state index in [1.807, 2.05) is 0 Å². The van der Waals surface area contributed by atoms with Gasteiger partial charge in [0.1, 0.15) is 22.3 Å². The summed E-state index contributed by atoms with van der Waals surface area (Å²) in [6, 6.07) is 4.53. The minimum absolute atomic E-state index is 0.0360. The highest BCUT2D eigenvalue weighted by Gasteiger charge is 2.34. The van der Waals surface area contributed by atoms with Crippen LogP contribution in [0, 0.1) is 17.5 Å². The fourth-order valence-corrected chi connectivity index (χ4v) is 4.44. The molecule has 116 valence electrons. The number of nitrogens with zero attached hydrogens (tertiary/aromatic N) is 1. The summed E-state index contributed by atoms with van der Waals surface area (Å²) in [5, 5.41) is -0.287. The van der Waals surface area contributed by atoms with Crippen molar-refractivity contribution in [2.24, 2.45) is 0 Å². The van der Waals surface area contributed by atoms with Gasteiger partial charge >= 0.3 is 0 Å². The molecule has 3 rings (SSSR count). The summed E-state index contributed by atoms with van der Waals surface area (Å²) < 4.78 is 66.3. The fraction of sp³-hybridized carbons (Fsp3) is 0.143. The quantitative estimate of drug-likeness (QED) is 0.833. The Labute approximate surface area is 130 Å². The Balaban J connectivity index is 2.14. The van der Waals surface area contributed by atoms with E-state index < -0.39 is 27.5 Å². The van der Waals surface area contributed by atoms with E-state index in [0.717, 1.165) is 28.6 Å². The molecule has 2 aromatic rings. The van der Waals surface area contributed by atoms with Crippen molar-refractivity contribution in [3.05, 3.63) is 58.4 Å². The van der Waals surface area contributed by atoms with Gasteiger partial charge in [-0.3, -0.25) is 4.31 Å². The summed E-state index contributed by atoms with van der Waals surface area (Å²) in [6.45, 7) is -0.0360. The Morgan fingerprint density at radius 2 is 1.77 bits per heavy atom. The van der Waals surface area contributed by atoms with Crippen LogP contribution in [0.25, 0.3) is 0 Å². The molecule has 2 aromatic carbocycles. The third-order valence-electron chi connectivity index (χ3n) is 3.43. The number of hydrogen-bond donors (Lipinski definition) is 0. The van der Waals surface area contributed by atoms with E-state index in [-0.39, 0.29) is 34.1 Å². The van der Waals surface area contributed by atoms with Gasteiger partial charge in [-0.15, -0.1) is 0 Å². The summed E-state index contributed by atoms with van der Waals surface area (Å²) in [5.74, 6) is -2.34. The maximum absolute atomic E-state index is 13.7. The highest BCUT2D eigenvalue weighted by Crippen LogP contribution is 2.36. The van der Waals surface area contributed by atoms with Crippen molar-refractivity contribution < 1.29 is 21.6 Å². The zero-order valence-electron chi connectivity index (χ0n) is 11.0. The van der Waals surface area contributed by atoms with E-state index in [4.69, 9.17) is 11.6 Å². The van der Waals surface area contributed by atoms with Crippen molar-refractivity contribution in [2.75, 3.05) is 10.8 Å². The molecular weight excluding hydrogens is 339 g/mol. The predicted octanol–water partition coefficient (Wildman–Crippen LogP) is 3.51. The number of fused-ring (bicyclic) bond motifs is 1. The lowest BCUT2D eigenvalue weighted by atomic mass is 10.1. The minimum Gasteiger partial charge on any atom is -0.265 e. The van der Waals surface area contributed by atoms with Crippen molar-refractivity contribution in [1.82, 2.24) is 0 Å². The molecule has 0 atom stereocenters. The highest BCUT2D eigenvalue weighted by molar-refractivity contribution is 7.93. The predicted molar refractivity (Wildman–Crippen MR) is 76.0 cm³/mol. The summed E-state index contributed by atoms with van der Waals surface area (Å²) in [4.78, 5) is -0.312. The summed E-state index contributed by atoms with van der Waals surface area (Å²) in [7, 11) is -4.13. The molecule has 0 aromatic heterocycles. The lowest BCUT2D eigenvalue weighted by Crippen LogP contribution is -2.29. The molecular formula is C14H9ClF3NO2S. The van der Waals surface area contributed by atoms with Crippen LogP contribution in [-0.4, -0.2) is 15.0 Å². The first-order valence-corrected chi connectivity index (χ1v) is 8.08. The SMILES string of the molecule is O=S(=O)(c1ccc(F)cc1Cl)N1CCc2c(F)cc(F)cc21. The molecule has 0 unspecified atom stereocenters. The zero-order valence-corrected chi connectivity index (χ0v) is 12.6. The van der Waals surface area contributed by atoms with E-state index in [1.165, 1.54) is 0 Å². The Morgan fingerprint density at radius 1 is 1.05 bits per heavy atom. The number of sulfonamides is 1. The average molecular weight is 348 g/mol. The van der Waals surface area contributed by atoms with E-state index in [0.29, 0.717) is 6.07 Å². The van der Waals surface area contributed by atoms with E-state index in [1.54, 1.807) is 0 Å². The van der Waals surface area contributed by atoms with Gasteiger partial charge in [0.05, 0.1) is 10.7 Å². The van der Waals surface area contributed by atoms with Gasteiger partial charge in [-0.2, -0.15) is 0 Å². The average Bonchev–Trinajstić information content (AvgIpc) is 2.82. The third-order valence-corrected chi connectivity index (χ3v) is 5.73. The van der Waals surface area contributed by atoms with Crippen LogP contribution in [0.3, 0.4) is 0 Å². The fourth-order valence-electron chi connectivity index (χ4n) is 2.45. The first-order chi connectivity index (χ1) is 10.3. The first kappa shape index (κ1) is 15.2. The Kier molecular flexibility index (Phi) is 3.57. The number of anilines is 1. The van der Waals surface area contributed by atoms with Crippen LogP contribution in [0.4, 0.5) is 18.9 Å². The Bertz CT molecular complexity index is 871. The van der Waals surface area contributed by atoms with Gasteiger partial charge in [-0.05, 0) is 30.7 Å². The van der Waals surface area contributed by atoms with Gasteiger partial charge in [0.2, 0.25) is 0 Å². The molecule has 0 radical (unpaired) electrons. The van der Waals surface area contributed by atoms with Crippen molar-refractivity contribution >= 4 is 27.3 Å². The van der Waals surface area contributed by atoms with Crippen molar-refractivity contribution in [2.45, 2.75) is 11.3 Å². The van der Waals surface area contributed by atoms with E-state index >= 15 is 0 Å². The molecule has 1 heterocycles. The van der Waals surface area contributed by atoms with Crippen molar-refractivity contribution in [3.8, 4) is 0 Å². The molecule has 0 spiro atoms. The lowest BCUT2D eigenvalue weighted by molar-refractivity contribution is 0.577. The van der Waals surface area contributed by atoms with Crippen LogP contribution in [0.1, 0.15) is 5.56 Å². The summed E-state index contributed by atoms with van der Waals surface area (Å²) >= 11 is 5.79. The second-order valence-electron chi connectivity index (χ2n) is 4.79. The smallest absolute Gasteiger partial charge is 0.265 e. The lowest BCUT2D eigenvalue weighted by Gasteiger charge is -2.20. The van der Waals surface area contributed by atoms with E-state index in [2.05, 4.69) is 0 Å². The monoisotopic (exact) mass is 347 g/mol. The number of hydrogen-bond acceptors (Lipinski definition) is 2. The van der Waals surface area contributed by atoms with Crippen LogP contribution in [0.5, 0.6) is 0 Å². The first-order valence-electron chi connectivity index (χ1n) is 6.26. The number of rotatable bonds is 2. The summed E-state index contributed by atoms with van der Waals surface area (Å²) in [6.07, 6.45) is 0.124. The topological polar surface area (TPSA) is 37.4 Å². The number of halogens is 4. The molecule has 3 nitrogen and oxygen atoms in total.